The van der Waals surface area contributed by atoms with Gasteiger partial charge in [0.05, 0.1) is 16.8 Å². The minimum atomic E-state index is -0.756. The number of alkyl halides is 1. The van der Waals surface area contributed by atoms with Gasteiger partial charge in [-0.3, -0.25) is 4.79 Å². The van der Waals surface area contributed by atoms with Crippen molar-refractivity contribution < 1.29 is 15.0 Å². The number of carbonyl (C=O) groups is 1. The van der Waals surface area contributed by atoms with Gasteiger partial charge in [-0.1, -0.05) is 29.8 Å². The number of aliphatic hydroxyl groups excluding tert-OH is 1. The van der Waals surface area contributed by atoms with E-state index < -0.39 is 12.1 Å². The summed E-state index contributed by atoms with van der Waals surface area (Å²) < 4.78 is -0.244. The smallest absolute Gasteiger partial charge is 0.303 e. The Hall–Kier alpha value is -0.0900. The van der Waals surface area contributed by atoms with E-state index in [2.05, 4.69) is 15.9 Å². The topological polar surface area (TPSA) is 57.5 Å². The average molecular weight is 277 g/mol. The molecule has 4 heteroatoms. The van der Waals surface area contributed by atoms with E-state index >= 15 is 0 Å². The van der Waals surface area contributed by atoms with E-state index in [-0.39, 0.29) is 21.6 Å². The van der Waals surface area contributed by atoms with Gasteiger partial charge in [0.2, 0.25) is 0 Å². The third-order valence-corrected chi connectivity index (χ3v) is 5.79. The van der Waals surface area contributed by atoms with Gasteiger partial charge in [-0.2, -0.15) is 0 Å². The van der Waals surface area contributed by atoms with E-state index in [0.717, 1.165) is 19.3 Å². The van der Waals surface area contributed by atoms with Gasteiger partial charge < -0.3 is 10.2 Å². The Labute approximate surface area is 98.0 Å². The second kappa shape index (κ2) is 2.98. The molecule has 2 rings (SSSR count). The Morgan fingerprint density at radius 2 is 2.07 bits per heavy atom. The van der Waals surface area contributed by atoms with Crippen molar-refractivity contribution in [1.29, 1.82) is 0 Å². The first-order valence-corrected chi connectivity index (χ1v) is 6.12. The van der Waals surface area contributed by atoms with Crippen molar-refractivity contribution in [3.05, 3.63) is 0 Å². The molecule has 0 radical (unpaired) electrons. The molecule has 2 saturated carbocycles. The highest BCUT2D eigenvalue weighted by Gasteiger charge is 2.68. The van der Waals surface area contributed by atoms with E-state index in [1.165, 1.54) is 0 Å². The maximum atomic E-state index is 10.9. The maximum Gasteiger partial charge on any atom is 0.303 e. The van der Waals surface area contributed by atoms with Crippen molar-refractivity contribution >= 4 is 21.9 Å². The monoisotopic (exact) mass is 276 g/mol. The zero-order valence-electron chi connectivity index (χ0n) is 9.09. The lowest BCUT2D eigenvalue weighted by Gasteiger charge is -2.44. The molecule has 0 saturated heterocycles. The van der Waals surface area contributed by atoms with Crippen LogP contribution in [0.3, 0.4) is 0 Å². The number of aliphatic hydroxyl groups is 1. The third kappa shape index (κ3) is 1.30. The quantitative estimate of drug-likeness (QED) is 0.760. The molecule has 0 aromatic heterocycles. The minimum Gasteiger partial charge on any atom is -0.481 e. The highest BCUT2D eigenvalue weighted by atomic mass is 79.9. The molecule has 15 heavy (non-hydrogen) atoms. The molecule has 2 aliphatic rings. The first kappa shape index (κ1) is 11.4. The number of aliphatic carboxylic acids is 1. The Morgan fingerprint density at radius 1 is 1.47 bits per heavy atom. The molecule has 86 valence electrons. The molecule has 3 atom stereocenters. The van der Waals surface area contributed by atoms with Crippen molar-refractivity contribution in [2.75, 3.05) is 0 Å². The Balaban J connectivity index is 2.37. The molecule has 0 amide bonds. The number of halogens is 1. The van der Waals surface area contributed by atoms with Gasteiger partial charge in [0, 0.05) is 0 Å². The zero-order chi connectivity index (χ0) is 11.5. The van der Waals surface area contributed by atoms with Gasteiger partial charge in [0.15, 0.2) is 0 Å². The van der Waals surface area contributed by atoms with Crippen LogP contribution in [0.2, 0.25) is 0 Å². The number of carboxylic acids is 1. The van der Waals surface area contributed by atoms with Crippen molar-refractivity contribution in [1.82, 2.24) is 0 Å². The Bertz CT molecular complexity index is 315. The average Bonchev–Trinajstić information content (AvgIpc) is 2.48. The molecule has 2 aliphatic carbocycles. The molecule has 2 fully saturated rings. The summed E-state index contributed by atoms with van der Waals surface area (Å²) in [5.41, 5.74) is -0.547. The Morgan fingerprint density at radius 3 is 2.47 bits per heavy atom. The van der Waals surface area contributed by atoms with Crippen LogP contribution in [0.25, 0.3) is 0 Å². The SMILES string of the molecule is CC1(C)[C@@H](O)[C@]2(Br)CC[C@]1(CC(=O)O)C2. The summed E-state index contributed by atoms with van der Waals surface area (Å²) in [4.78, 5) is 10.9. The minimum absolute atomic E-state index is 0.171. The van der Waals surface area contributed by atoms with E-state index in [0.29, 0.717) is 0 Å². The molecule has 0 aromatic rings. The summed E-state index contributed by atoms with van der Waals surface area (Å²) in [5.74, 6) is -0.756. The molecule has 0 heterocycles. The van der Waals surface area contributed by atoms with Crippen molar-refractivity contribution in [2.24, 2.45) is 10.8 Å². The molecular weight excluding hydrogens is 260 g/mol. The van der Waals surface area contributed by atoms with Gasteiger partial charge in [0.25, 0.3) is 0 Å². The van der Waals surface area contributed by atoms with Crippen molar-refractivity contribution in [3.63, 3.8) is 0 Å². The van der Waals surface area contributed by atoms with Crippen molar-refractivity contribution in [3.8, 4) is 0 Å². The lowest BCUT2D eigenvalue weighted by Crippen LogP contribution is -2.46. The normalized spacial score (nSPS) is 47.1. The van der Waals surface area contributed by atoms with Crippen molar-refractivity contribution in [2.45, 2.75) is 50.0 Å². The lowest BCUT2D eigenvalue weighted by molar-refractivity contribution is -0.143. The predicted molar refractivity (Wildman–Crippen MR) is 60.0 cm³/mol. The molecular formula is C11H17BrO3. The molecule has 2 N–H and O–H groups in total. The second-order valence-electron chi connectivity index (χ2n) is 5.69. The van der Waals surface area contributed by atoms with Crippen LogP contribution in [0.1, 0.15) is 39.5 Å². The van der Waals surface area contributed by atoms with Crippen LogP contribution in [0.5, 0.6) is 0 Å². The predicted octanol–water partition coefficient (Wildman–Crippen LogP) is 2.17. The van der Waals surface area contributed by atoms with Gasteiger partial charge in [0.1, 0.15) is 0 Å². The molecule has 3 nitrogen and oxygen atoms in total. The first-order chi connectivity index (χ1) is 6.74. The van der Waals surface area contributed by atoms with Crippen LogP contribution < -0.4 is 0 Å². The number of carboxylic acid groups (broad SMARTS) is 1. The van der Waals surface area contributed by atoms with E-state index in [4.69, 9.17) is 5.11 Å². The lowest BCUT2D eigenvalue weighted by atomic mass is 9.62. The van der Waals surface area contributed by atoms with E-state index in [1.54, 1.807) is 0 Å². The first-order valence-electron chi connectivity index (χ1n) is 5.32. The molecule has 0 unspecified atom stereocenters. The van der Waals surface area contributed by atoms with Gasteiger partial charge in [-0.15, -0.1) is 0 Å². The second-order valence-corrected chi connectivity index (χ2v) is 7.27. The van der Waals surface area contributed by atoms with Crippen LogP contribution >= 0.6 is 15.9 Å². The fourth-order valence-electron chi connectivity index (χ4n) is 3.57. The van der Waals surface area contributed by atoms with Gasteiger partial charge in [-0.05, 0) is 30.1 Å². The van der Waals surface area contributed by atoms with Gasteiger partial charge in [-0.25, -0.2) is 0 Å². The summed E-state index contributed by atoms with van der Waals surface area (Å²) >= 11 is 3.61. The zero-order valence-corrected chi connectivity index (χ0v) is 10.7. The number of rotatable bonds is 2. The number of fused-ring (bicyclic) bond motifs is 2. The summed E-state index contributed by atoms with van der Waals surface area (Å²) in [6.07, 6.45) is 2.28. The molecule has 2 bridgehead atoms. The largest absolute Gasteiger partial charge is 0.481 e. The van der Waals surface area contributed by atoms with Crippen LogP contribution in [0, 0.1) is 10.8 Å². The summed E-state index contributed by atoms with van der Waals surface area (Å²) in [6, 6.07) is 0. The highest BCUT2D eigenvalue weighted by molar-refractivity contribution is 9.10. The van der Waals surface area contributed by atoms with Crippen LogP contribution in [-0.4, -0.2) is 26.6 Å². The van der Waals surface area contributed by atoms with Crippen LogP contribution in [0.15, 0.2) is 0 Å². The van der Waals surface area contributed by atoms with Crippen LogP contribution in [-0.2, 0) is 4.79 Å². The highest BCUT2D eigenvalue weighted by Crippen LogP contribution is 2.69. The maximum absolute atomic E-state index is 10.9. The standard InChI is InChI=1S/C11H17BrO3/c1-9(2)8(15)11(12)4-3-10(9,6-11)5-7(13)14/h8,15H,3-6H2,1-2H3,(H,13,14)/t8-,10+,11+/m1/s1. The molecule has 0 aliphatic heterocycles. The summed E-state index contributed by atoms with van der Waals surface area (Å²) in [5, 5.41) is 19.2. The molecule has 0 spiro atoms. The van der Waals surface area contributed by atoms with E-state index in [9.17, 15) is 9.90 Å². The summed E-state index contributed by atoms with van der Waals surface area (Å²) in [6.45, 7) is 3.98. The number of hydrogen-bond donors (Lipinski definition) is 2. The van der Waals surface area contributed by atoms with E-state index in [1.807, 2.05) is 13.8 Å². The summed E-state index contributed by atoms with van der Waals surface area (Å²) in [7, 11) is 0. The Kier molecular flexibility index (Phi) is 2.26. The van der Waals surface area contributed by atoms with Gasteiger partial charge >= 0.3 is 5.97 Å². The number of hydrogen-bond acceptors (Lipinski definition) is 2. The fraction of sp³-hybridized carbons (Fsp3) is 0.909. The van der Waals surface area contributed by atoms with Crippen LogP contribution in [0.4, 0.5) is 0 Å². The molecule has 0 aromatic carbocycles. The fourth-order valence-corrected chi connectivity index (χ4v) is 4.88. The third-order valence-electron chi connectivity index (χ3n) is 4.68.